The van der Waals surface area contributed by atoms with Crippen molar-refractivity contribution in [2.45, 2.75) is 23.4 Å². The summed E-state index contributed by atoms with van der Waals surface area (Å²) in [5.74, 6) is -0.613. The van der Waals surface area contributed by atoms with Crippen molar-refractivity contribution < 1.29 is 22.7 Å². The number of amides is 2. The first-order chi connectivity index (χ1) is 14.8. The van der Waals surface area contributed by atoms with E-state index in [0.29, 0.717) is 11.3 Å². The van der Waals surface area contributed by atoms with Gasteiger partial charge in [0.2, 0.25) is 15.4 Å². The van der Waals surface area contributed by atoms with Crippen molar-refractivity contribution in [3.8, 4) is 0 Å². The Balaban J connectivity index is 1.68. The van der Waals surface area contributed by atoms with Crippen LogP contribution in [-0.2, 0) is 32.6 Å². The number of aromatic nitrogens is 2. The van der Waals surface area contributed by atoms with Crippen LogP contribution >= 0.6 is 11.3 Å². The van der Waals surface area contributed by atoms with Gasteiger partial charge >= 0.3 is 6.09 Å². The van der Waals surface area contributed by atoms with Crippen LogP contribution in [0.2, 0.25) is 0 Å². The predicted molar refractivity (Wildman–Crippen MR) is 114 cm³/mol. The van der Waals surface area contributed by atoms with Gasteiger partial charge in [-0.05, 0) is 11.1 Å². The fraction of sp³-hybridized carbons (Fsp3) is 0.158. The SMILES string of the molecule is NS(=O)(=O)c1nnc(NC(=O)[C@H](Cc2ccccc2)NC(=O)OCc2ccccc2)s1. The molecule has 0 bridgehead atoms. The fourth-order valence-corrected chi connectivity index (χ4v) is 3.87. The van der Waals surface area contributed by atoms with Crippen LogP contribution < -0.4 is 15.8 Å². The Hall–Kier alpha value is -3.35. The maximum absolute atomic E-state index is 12.8. The van der Waals surface area contributed by atoms with Crippen molar-refractivity contribution in [3.63, 3.8) is 0 Å². The second kappa shape index (κ2) is 10.1. The molecule has 0 saturated heterocycles. The van der Waals surface area contributed by atoms with Gasteiger partial charge in [0.25, 0.3) is 10.0 Å². The van der Waals surface area contributed by atoms with E-state index in [0.717, 1.165) is 11.1 Å². The topological polar surface area (TPSA) is 153 Å². The van der Waals surface area contributed by atoms with Crippen LogP contribution in [0.15, 0.2) is 65.0 Å². The molecule has 3 rings (SSSR count). The molecule has 2 aromatic carbocycles. The molecular weight excluding hydrogens is 442 g/mol. The van der Waals surface area contributed by atoms with Crippen molar-refractivity contribution in [2.75, 3.05) is 5.32 Å². The number of benzene rings is 2. The van der Waals surface area contributed by atoms with E-state index in [1.54, 1.807) is 36.4 Å². The molecule has 0 saturated carbocycles. The van der Waals surface area contributed by atoms with Crippen LogP contribution in [0, 0.1) is 0 Å². The van der Waals surface area contributed by atoms with Crippen LogP contribution in [0.5, 0.6) is 0 Å². The summed E-state index contributed by atoms with van der Waals surface area (Å²) in [5.41, 5.74) is 1.60. The molecule has 162 valence electrons. The maximum Gasteiger partial charge on any atom is 0.408 e. The van der Waals surface area contributed by atoms with Crippen molar-refractivity contribution in [2.24, 2.45) is 5.14 Å². The number of nitrogens with two attached hydrogens (primary N) is 1. The number of ether oxygens (including phenoxy) is 1. The number of nitrogens with zero attached hydrogens (tertiary/aromatic N) is 2. The molecule has 0 aliphatic heterocycles. The van der Waals surface area contributed by atoms with Gasteiger partial charge in [0.15, 0.2) is 0 Å². The van der Waals surface area contributed by atoms with E-state index in [-0.39, 0.29) is 18.2 Å². The van der Waals surface area contributed by atoms with E-state index >= 15 is 0 Å². The summed E-state index contributed by atoms with van der Waals surface area (Å²) >= 11 is 0.607. The zero-order valence-corrected chi connectivity index (χ0v) is 17.7. The lowest BCUT2D eigenvalue weighted by Crippen LogP contribution is -2.45. The quantitative estimate of drug-likeness (QED) is 0.431. The van der Waals surface area contributed by atoms with Gasteiger partial charge < -0.3 is 10.1 Å². The standard InChI is InChI=1S/C19H19N5O5S2/c20-31(27,28)19-24-23-17(30-19)22-16(25)15(11-13-7-3-1-4-8-13)21-18(26)29-12-14-9-5-2-6-10-14/h1-10,15H,11-12H2,(H,21,26)(H2,20,27,28)(H,22,23,25)/t15-/m0/s1. The lowest BCUT2D eigenvalue weighted by atomic mass is 10.1. The molecule has 0 spiro atoms. The summed E-state index contributed by atoms with van der Waals surface area (Å²) in [4.78, 5) is 25.0. The second-order valence-electron chi connectivity index (χ2n) is 6.36. The highest BCUT2D eigenvalue weighted by atomic mass is 32.2. The lowest BCUT2D eigenvalue weighted by Gasteiger charge is -2.17. The molecule has 1 heterocycles. The largest absolute Gasteiger partial charge is 0.445 e. The Bertz CT molecular complexity index is 1140. The average molecular weight is 462 g/mol. The van der Waals surface area contributed by atoms with Crippen molar-refractivity contribution in [1.29, 1.82) is 0 Å². The van der Waals surface area contributed by atoms with Gasteiger partial charge in [-0.2, -0.15) is 0 Å². The van der Waals surface area contributed by atoms with E-state index in [9.17, 15) is 18.0 Å². The molecule has 12 heteroatoms. The number of alkyl carbamates (subject to hydrolysis) is 1. The Labute approximate surface area is 182 Å². The van der Waals surface area contributed by atoms with Gasteiger partial charge in [0, 0.05) is 6.42 Å². The summed E-state index contributed by atoms with van der Waals surface area (Å²) < 4.78 is 27.4. The van der Waals surface area contributed by atoms with E-state index in [1.807, 2.05) is 24.3 Å². The van der Waals surface area contributed by atoms with Crippen molar-refractivity contribution in [1.82, 2.24) is 15.5 Å². The van der Waals surface area contributed by atoms with Gasteiger partial charge in [-0.1, -0.05) is 72.0 Å². The van der Waals surface area contributed by atoms with Crippen LogP contribution in [0.4, 0.5) is 9.93 Å². The first kappa shape index (κ1) is 22.3. The molecule has 1 atom stereocenters. The van der Waals surface area contributed by atoms with Gasteiger partial charge in [-0.3, -0.25) is 10.1 Å². The third kappa shape index (κ3) is 6.84. The number of hydrogen-bond donors (Lipinski definition) is 3. The molecule has 10 nitrogen and oxygen atoms in total. The van der Waals surface area contributed by atoms with Crippen molar-refractivity contribution in [3.05, 3.63) is 71.8 Å². The summed E-state index contributed by atoms with van der Waals surface area (Å²) in [6.45, 7) is 0.0421. The zero-order chi connectivity index (χ0) is 22.3. The first-order valence-corrected chi connectivity index (χ1v) is 11.4. The Morgan fingerprint density at radius 1 is 1.00 bits per heavy atom. The molecule has 2 amide bonds. The Morgan fingerprint density at radius 2 is 1.61 bits per heavy atom. The number of carbonyl (C=O) groups excluding carboxylic acids is 2. The first-order valence-electron chi connectivity index (χ1n) is 8.99. The van der Waals surface area contributed by atoms with Crippen LogP contribution in [0.25, 0.3) is 0 Å². The maximum atomic E-state index is 12.8. The van der Waals surface area contributed by atoms with Crippen LogP contribution in [0.3, 0.4) is 0 Å². The third-order valence-electron chi connectivity index (χ3n) is 3.98. The number of sulfonamides is 1. The molecule has 4 N–H and O–H groups in total. The predicted octanol–water partition coefficient (Wildman–Crippen LogP) is 1.66. The molecule has 1 aromatic heterocycles. The fourth-order valence-electron chi connectivity index (χ4n) is 2.53. The minimum Gasteiger partial charge on any atom is -0.445 e. The van der Waals surface area contributed by atoms with E-state index < -0.39 is 32.4 Å². The number of primary sulfonamides is 1. The summed E-state index contributed by atoms with van der Waals surface area (Å²) in [7, 11) is -4.04. The molecule has 0 unspecified atom stereocenters. The average Bonchev–Trinajstić information content (AvgIpc) is 3.22. The molecule has 31 heavy (non-hydrogen) atoms. The minimum absolute atomic E-state index is 0.0421. The van der Waals surface area contributed by atoms with E-state index in [2.05, 4.69) is 20.8 Å². The van der Waals surface area contributed by atoms with E-state index in [1.165, 1.54) is 0 Å². The number of hydrogen-bond acceptors (Lipinski definition) is 8. The zero-order valence-electron chi connectivity index (χ0n) is 16.1. The molecule has 0 aliphatic carbocycles. The monoisotopic (exact) mass is 461 g/mol. The highest BCUT2D eigenvalue weighted by molar-refractivity contribution is 7.91. The molecule has 0 aliphatic rings. The number of nitrogens with one attached hydrogen (secondary N) is 2. The molecule has 0 fully saturated rings. The van der Waals surface area contributed by atoms with Crippen LogP contribution in [0.1, 0.15) is 11.1 Å². The second-order valence-corrected chi connectivity index (χ2v) is 9.07. The summed E-state index contributed by atoms with van der Waals surface area (Å²) in [6, 6.07) is 17.1. The minimum atomic E-state index is -4.04. The Kier molecular flexibility index (Phi) is 7.28. The number of carbonyl (C=O) groups is 2. The van der Waals surface area contributed by atoms with Gasteiger partial charge in [0.1, 0.15) is 12.6 Å². The summed E-state index contributed by atoms with van der Waals surface area (Å²) in [5, 5.41) is 17.0. The Morgan fingerprint density at radius 3 is 2.19 bits per heavy atom. The van der Waals surface area contributed by atoms with E-state index in [4.69, 9.17) is 9.88 Å². The number of anilines is 1. The highest BCUT2D eigenvalue weighted by Gasteiger charge is 2.24. The van der Waals surface area contributed by atoms with Gasteiger partial charge in [-0.25, -0.2) is 18.4 Å². The van der Waals surface area contributed by atoms with Gasteiger partial charge in [0.05, 0.1) is 0 Å². The van der Waals surface area contributed by atoms with Crippen molar-refractivity contribution >= 4 is 38.5 Å². The smallest absolute Gasteiger partial charge is 0.408 e. The lowest BCUT2D eigenvalue weighted by molar-refractivity contribution is -0.118. The third-order valence-corrected chi connectivity index (χ3v) is 6.13. The number of rotatable bonds is 8. The van der Waals surface area contributed by atoms with Crippen LogP contribution in [-0.4, -0.2) is 36.7 Å². The molecule has 0 radical (unpaired) electrons. The highest BCUT2D eigenvalue weighted by Crippen LogP contribution is 2.19. The molecular formula is C19H19N5O5S2. The van der Waals surface area contributed by atoms with Gasteiger partial charge in [-0.15, -0.1) is 10.2 Å². The normalized spacial score (nSPS) is 12.0. The summed E-state index contributed by atoms with van der Waals surface area (Å²) in [6.07, 6.45) is -0.601. The molecule has 3 aromatic rings.